The van der Waals surface area contributed by atoms with E-state index in [0.717, 1.165) is 31.5 Å². The first-order valence-electron chi connectivity index (χ1n) is 10.9. The maximum Gasteiger partial charge on any atom is 0.320 e. The van der Waals surface area contributed by atoms with Crippen LogP contribution in [-0.4, -0.2) is 45.1 Å². The van der Waals surface area contributed by atoms with Gasteiger partial charge in [-0.25, -0.2) is 9.78 Å². The van der Waals surface area contributed by atoms with Crippen LogP contribution in [0.25, 0.3) is 0 Å². The van der Waals surface area contributed by atoms with Crippen molar-refractivity contribution in [2.45, 2.75) is 39.7 Å². The van der Waals surface area contributed by atoms with Crippen LogP contribution in [0.5, 0.6) is 0 Å². The summed E-state index contributed by atoms with van der Waals surface area (Å²) < 4.78 is 0. The number of nitrogens with zero attached hydrogens (tertiary/aromatic N) is 3. The molecule has 0 spiro atoms. The van der Waals surface area contributed by atoms with Gasteiger partial charge in [0.15, 0.2) is 5.82 Å². The number of rotatable bonds is 9. The van der Waals surface area contributed by atoms with E-state index < -0.39 is 6.04 Å². The van der Waals surface area contributed by atoms with E-state index in [1.54, 1.807) is 24.3 Å². The molecule has 32 heavy (non-hydrogen) atoms. The van der Waals surface area contributed by atoms with E-state index in [1.165, 1.54) is 0 Å². The summed E-state index contributed by atoms with van der Waals surface area (Å²) >= 11 is 0. The minimum Gasteiger partial charge on any atom is -0.339 e. The number of aryl methyl sites for hydroxylation is 1. The van der Waals surface area contributed by atoms with Gasteiger partial charge in [-0.15, -0.1) is 0 Å². The van der Waals surface area contributed by atoms with Crippen molar-refractivity contribution in [3.8, 4) is 0 Å². The lowest BCUT2D eigenvalue weighted by Gasteiger charge is -2.21. The van der Waals surface area contributed by atoms with E-state index in [4.69, 9.17) is 0 Å². The monoisotopic (exact) mass is 434 g/mol. The Morgan fingerprint density at radius 3 is 2.22 bits per heavy atom. The molecule has 0 aliphatic rings. The van der Waals surface area contributed by atoms with E-state index in [1.807, 2.05) is 42.2 Å². The molecule has 168 valence electrons. The van der Waals surface area contributed by atoms with Crippen LogP contribution in [0.15, 0.2) is 54.6 Å². The van der Waals surface area contributed by atoms with E-state index in [0.29, 0.717) is 22.9 Å². The Hall–Kier alpha value is -3.68. The van der Waals surface area contributed by atoms with Gasteiger partial charge < -0.3 is 15.5 Å². The van der Waals surface area contributed by atoms with Crippen molar-refractivity contribution in [2.75, 3.05) is 18.4 Å². The second-order valence-corrected chi connectivity index (χ2v) is 7.59. The van der Waals surface area contributed by atoms with Gasteiger partial charge in [0.2, 0.25) is 0 Å². The summed E-state index contributed by atoms with van der Waals surface area (Å²) in [6.07, 6.45) is 1.83. The van der Waals surface area contributed by atoms with Crippen LogP contribution < -0.4 is 10.6 Å². The summed E-state index contributed by atoms with van der Waals surface area (Å²) in [5.74, 6) is 1.16. The molecule has 0 bridgehead atoms. The molecule has 3 amide bonds. The van der Waals surface area contributed by atoms with Crippen molar-refractivity contribution < 1.29 is 9.59 Å². The topological polar surface area (TPSA) is 103 Å². The fourth-order valence-corrected chi connectivity index (χ4v) is 3.46. The maximum absolute atomic E-state index is 12.7. The Morgan fingerprint density at radius 2 is 1.66 bits per heavy atom. The third kappa shape index (κ3) is 5.94. The van der Waals surface area contributed by atoms with Gasteiger partial charge in [-0.1, -0.05) is 44.2 Å². The molecule has 0 aliphatic carbocycles. The lowest BCUT2D eigenvalue weighted by molar-refractivity contribution is 0.0755. The van der Waals surface area contributed by atoms with E-state index >= 15 is 0 Å². The molecular formula is C24H30N6O2. The Labute approximate surface area is 188 Å². The zero-order valence-corrected chi connectivity index (χ0v) is 18.8. The van der Waals surface area contributed by atoms with Crippen LogP contribution in [0, 0.1) is 6.92 Å². The first-order valence-corrected chi connectivity index (χ1v) is 10.9. The fourth-order valence-electron chi connectivity index (χ4n) is 3.46. The number of hydrogen-bond acceptors (Lipinski definition) is 4. The Bertz CT molecular complexity index is 1010. The van der Waals surface area contributed by atoms with Crippen LogP contribution in [0.3, 0.4) is 0 Å². The molecule has 2 aromatic carbocycles. The number of nitrogens with one attached hydrogen (secondary N) is 3. The highest BCUT2D eigenvalue weighted by Crippen LogP contribution is 2.19. The number of anilines is 1. The smallest absolute Gasteiger partial charge is 0.320 e. The highest BCUT2D eigenvalue weighted by atomic mass is 16.2. The van der Waals surface area contributed by atoms with Gasteiger partial charge in [0.05, 0.1) is 0 Å². The second kappa shape index (κ2) is 11.1. The van der Waals surface area contributed by atoms with Crippen molar-refractivity contribution in [2.24, 2.45) is 0 Å². The Morgan fingerprint density at radius 1 is 1.00 bits per heavy atom. The molecule has 0 saturated carbocycles. The number of hydrogen-bond donors (Lipinski definition) is 3. The number of carbonyl (C=O) groups excluding carboxylic acids is 2. The second-order valence-electron chi connectivity index (χ2n) is 7.59. The van der Waals surface area contributed by atoms with Gasteiger partial charge in [-0.3, -0.25) is 9.89 Å². The summed E-state index contributed by atoms with van der Waals surface area (Å²) in [7, 11) is 0. The molecule has 3 rings (SSSR count). The normalized spacial score (nSPS) is 11.6. The summed E-state index contributed by atoms with van der Waals surface area (Å²) in [4.78, 5) is 31.7. The summed E-state index contributed by atoms with van der Waals surface area (Å²) in [6, 6.07) is 15.6. The predicted octanol–water partition coefficient (Wildman–Crippen LogP) is 4.29. The minimum absolute atomic E-state index is 0.00817. The van der Waals surface area contributed by atoms with Crippen molar-refractivity contribution in [3.63, 3.8) is 0 Å². The molecule has 3 aromatic rings. The van der Waals surface area contributed by atoms with Crippen LogP contribution in [-0.2, 0) is 0 Å². The van der Waals surface area contributed by atoms with E-state index in [-0.39, 0.29) is 11.9 Å². The molecule has 1 aromatic heterocycles. The van der Waals surface area contributed by atoms with Crippen molar-refractivity contribution in [1.82, 2.24) is 25.4 Å². The molecule has 0 fully saturated rings. The predicted molar refractivity (Wildman–Crippen MR) is 124 cm³/mol. The van der Waals surface area contributed by atoms with Gasteiger partial charge in [0.1, 0.15) is 11.9 Å². The Balaban J connectivity index is 1.68. The molecule has 0 aliphatic heterocycles. The third-order valence-corrected chi connectivity index (χ3v) is 4.95. The molecule has 3 N–H and O–H groups in total. The van der Waals surface area contributed by atoms with E-state index in [2.05, 4.69) is 39.7 Å². The standard InChI is InChI=1S/C24H30N6O2/c1-4-15-30(16-5-2)23(31)19-11-13-20(14-12-19)26-24(32)27-21(18-9-7-6-8-10-18)22-25-17(3)28-29-22/h6-14,21H,4-5,15-16H2,1-3H3,(H,25,28,29)(H2,26,27,32). The van der Waals surface area contributed by atoms with Gasteiger partial charge in [-0.05, 0) is 49.6 Å². The molecular weight excluding hydrogens is 404 g/mol. The molecule has 8 heteroatoms. The number of carbonyl (C=O) groups is 2. The average Bonchev–Trinajstić information content (AvgIpc) is 3.24. The van der Waals surface area contributed by atoms with Crippen molar-refractivity contribution in [3.05, 3.63) is 77.4 Å². The average molecular weight is 435 g/mol. The SMILES string of the molecule is CCCN(CCC)C(=O)c1ccc(NC(=O)NC(c2ccccc2)c2n[nH]c(C)n2)cc1. The van der Waals surface area contributed by atoms with Crippen LogP contribution >= 0.6 is 0 Å². The maximum atomic E-state index is 12.7. The minimum atomic E-state index is -0.501. The lowest BCUT2D eigenvalue weighted by atomic mass is 10.1. The molecule has 1 heterocycles. The third-order valence-electron chi connectivity index (χ3n) is 4.95. The lowest BCUT2D eigenvalue weighted by Crippen LogP contribution is -2.34. The number of H-pyrrole nitrogens is 1. The van der Waals surface area contributed by atoms with Gasteiger partial charge in [-0.2, -0.15) is 5.10 Å². The van der Waals surface area contributed by atoms with Gasteiger partial charge >= 0.3 is 6.03 Å². The van der Waals surface area contributed by atoms with Crippen molar-refractivity contribution >= 4 is 17.6 Å². The van der Waals surface area contributed by atoms with Gasteiger partial charge in [0, 0.05) is 24.3 Å². The first kappa shape index (κ1) is 23.0. The molecule has 0 saturated heterocycles. The van der Waals surface area contributed by atoms with Crippen LogP contribution in [0.2, 0.25) is 0 Å². The van der Waals surface area contributed by atoms with Gasteiger partial charge in [0.25, 0.3) is 5.91 Å². The van der Waals surface area contributed by atoms with Crippen LogP contribution in [0.1, 0.15) is 60.3 Å². The first-order chi connectivity index (χ1) is 15.5. The summed E-state index contributed by atoms with van der Waals surface area (Å²) in [5.41, 5.74) is 2.07. The number of aromatic nitrogens is 3. The molecule has 0 radical (unpaired) electrons. The summed E-state index contributed by atoms with van der Waals surface area (Å²) in [6.45, 7) is 7.39. The molecule has 8 nitrogen and oxygen atoms in total. The molecule has 1 unspecified atom stereocenters. The van der Waals surface area contributed by atoms with E-state index in [9.17, 15) is 9.59 Å². The largest absolute Gasteiger partial charge is 0.339 e. The fraction of sp³-hybridized carbons (Fsp3) is 0.333. The zero-order chi connectivity index (χ0) is 22.9. The molecule has 1 atom stereocenters. The number of urea groups is 1. The van der Waals surface area contributed by atoms with Crippen molar-refractivity contribution in [1.29, 1.82) is 0 Å². The van der Waals surface area contributed by atoms with Crippen LogP contribution in [0.4, 0.5) is 10.5 Å². The Kier molecular flexibility index (Phi) is 7.96. The number of benzene rings is 2. The quantitative estimate of drug-likeness (QED) is 0.467. The highest BCUT2D eigenvalue weighted by molar-refractivity contribution is 5.95. The number of aromatic amines is 1. The number of amides is 3. The summed E-state index contributed by atoms with van der Waals surface area (Å²) in [5, 5.41) is 12.8. The highest BCUT2D eigenvalue weighted by Gasteiger charge is 2.21. The zero-order valence-electron chi connectivity index (χ0n) is 18.8.